The van der Waals surface area contributed by atoms with Crippen molar-refractivity contribution in [2.75, 3.05) is 5.75 Å². The molecule has 1 aromatic rings. The summed E-state index contributed by atoms with van der Waals surface area (Å²) in [5, 5.41) is 2.52. The molecule has 1 N–H and O–H groups in total. The standard InChI is InChI=1S/C10H10N2O3S2/c1-7-2-4-8(5-3-7)17(14,15)12-10-11-9(13)6-16-10/h2-5H,6H2,1H3,(H,11,12,13). The van der Waals surface area contributed by atoms with E-state index in [0.29, 0.717) is 0 Å². The molecule has 0 atom stereocenters. The van der Waals surface area contributed by atoms with E-state index in [1.54, 1.807) is 12.1 Å². The van der Waals surface area contributed by atoms with Crippen LogP contribution in [0.2, 0.25) is 0 Å². The van der Waals surface area contributed by atoms with Crippen LogP contribution < -0.4 is 5.32 Å². The van der Waals surface area contributed by atoms with Gasteiger partial charge in [-0.15, -0.1) is 4.40 Å². The SMILES string of the molecule is Cc1ccc(S(=O)(=O)N=C2NC(=O)CS2)cc1. The molecule has 1 aliphatic heterocycles. The van der Waals surface area contributed by atoms with E-state index < -0.39 is 10.0 Å². The first-order valence-corrected chi connectivity index (χ1v) is 7.24. The van der Waals surface area contributed by atoms with Gasteiger partial charge in [-0.05, 0) is 19.1 Å². The number of benzene rings is 1. The molecule has 1 aromatic carbocycles. The zero-order chi connectivity index (χ0) is 12.5. The Kier molecular flexibility index (Phi) is 3.21. The lowest BCUT2D eigenvalue weighted by atomic mass is 10.2. The minimum absolute atomic E-state index is 0.123. The molecule has 1 heterocycles. The lowest BCUT2D eigenvalue weighted by Crippen LogP contribution is -2.21. The van der Waals surface area contributed by atoms with Crippen LogP contribution in [-0.2, 0) is 14.8 Å². The minimum Gasteiger partial charge on any atom is -0.304 e. The fourth-order valence-electron chi connectivity index (χ4n) is 1.25. The van der Waals surface area contributed by atoms with Crippen LogP contribution in [0.1, 0.15) is 5.56 Å². The number of nitrogens with zero attached hydrogens (tertiary/aromatic N) is 1. The van der Waals surface area contributed by atoms with Gasteiger partial charge in [0.2, 0.25) is 5.91 Å². The van der Waals surface area contributed by atoms with Crippen molar-refractivity contribution in [2.24, 2.45) is 4.40 Å². The fraction of sp³-hybridized carbons (Fsp3) is 0.200. The van der Waals surface area contributed by atoms with E-state index in [9.17, 15) is 13.2 Å². The van der Waals surface area contributed by atoms with Crippen molar-refractivity contribution >= 4 is 32.9 Å². The largest absolute Gasteiger partial charge is 0.304 e. The molecular formula is C10H10N2O3S2. The molecule has 0 aromatic heterocycles. The maximum absolute atomic E-state index is 11.9. The summed E-state index contributed by atoms with van der Waals surface area (Å²) in [6, 6.07) is 6.40. The van der Waals surface area contributed by atoms with E-state index in [-0.39, 0.29) is 21.7 Å². The third-order valence-electron chi connectivity index (χ3n) is 2.11. The first-order valence-electron chi connectivity index (χ1n) is 4.82. The second-order valence-corrected chi connectivity index (χ2v) is 6.09. The van der Waals surface area contributed by atoms with Crippen LogP contribution in [0.15, 0.2) is 33.6 Å². The van der Waals surface area contributed by atoms with Crippen LogP contribution in [-0.4, -0.2) is 25.2 Å². The number of hydrogen-bond donors (Lipinski definition) is 1. The molecule has 1 amide bonds. The van der Waals surface area contributed by atoms with Crippen LogP contribution in [0, 0.1) is 6.92 Å². The van der Waals surface area contributed by atoms with E-state index >= 15 is 0 Å². The smallest absolute Gasteiger partial charge is 0.284 e. The average molecular weight is 270 g/mol. The summed E-state index contributed by atoms with van der Waals surface area (Å²) in [7, 11) is -3.73. The van der Waals surface area contributed by atoms with Gasteiger partial charge in [0.15, 0.2) is 5.17 Å². The summed E-state index contributed by atoms with van der Waals surface area (Å²) >= 11 is 1.09. The summed E-state index contributed by atoms with van der Waals surface area (Å²) in [5.74, 6) is -0.0183. The second-order valence-electron chi connectivity index (χ2n) is 3.52. The Balaban J connectivity index is 2.31. The first-order chi connectivity index (χ1) is 7.97. The summed E-state index contributed by atoms with van der Waals surface area (Å²) in [6.07, 6.45) is 0. The van der Waals surface area contributed by atoms with Crippen LogP contribution in [0.5, 0.6) is 0 Å². The van der Waals surface area contributed by atoms with Gasteiger partial charge < -0.3 is 5.32 Å². The van der Waals surface area contributed by atoms with Gasteiger partial charge in [-0.3, -0.25) is 4.79 Å². The van der Waals surface area contributed by atoms with Gasteiger partial charge in [-0.1, -0.05) is 29.5 Å². The first kappa shape index (κ1) is 12.1. The van der Waals surface area contributed by atoms with E-state index in [1.165, 1.54) is 12.1 Å². The Morgan fingerprint density at radius 2 is 1.94 bits per heavy atom. The topological polar surface area (TPSA) is 75.6 Å². The van der Waals surface area contributed by atoms with E-state index in [4.69, 9.17) is 0 Å². The van der Waals surface area contributed by atoms with Crippen LogP contribution in [0.3, 0.4) is 0 Å². The normalized spacial score (nSPS) is 18.4. The highest BCUT2D eigenvalue weighted by Crippen LogP contribution is 2.17. The molecule has 0 unspecified atom stereocenters. The summed E-state index contributed by atoms with van der Waals surface area (Å²) in [4.78, 5) is 11.0. The molecule has 0 spiro atoms. The zero-order valence-corrected chi connectivity index (χ0v) is 10.6. The van der Waals surface area contributed by atoms with E-state index in [2.05, 4.69) is 9.71 Å². The molecule has 1 aliphatic rings. The lowest BCUT2D eigenvalue weighted by molar-refractivity contribution is -0.116. The van der Waals surface area contributed by atoms with Crippen LogP contribution in [0.25, 0.3) is 0 Å². The number of hydrogen-bond acceptors (Lipinski definition) is 4. The van der Waals surface area contributed by atoms with Gasteiger partial charge in [0.1, 0.15) is 0 Å². The number of thioether (sulfide) groups is 1. The van der Waals surface area contributed by atoms with Crippen molar-refractivity contribution in [3.63, 3.8) is 0 Å². The van der Waals surface area contributed by atoms with Gasteiger partial charge >= 0.3 is 0 Å². The van der Waals surface area contributed by atoms with Gasteiger partial charge in [0, 0.05) is 0 Å². The molecule has 0 saturated carbocycles. The highest BCUT2D eigenvalue weighted by atomic mass is 32.2. The zero-order valence-electron chi connectivity index (χ0n) is 9.00. The summed E-state index contributed by atoms with van der Waals surface area (Å²) in [5.41, 5.74) is 0.972. The third kappa shape index (κ3) is 2.86. The predicted octanol–water partition coefficient (Wildman–Crippen LogP) is 0.903. The molecule has 17 heavy (non-hydrogen) atoms. The van der Waals surface area contributed by atoms with Crippen molar-refractivity contribution in [3.8, 4) is 0 Å². The molecule has 0 bridgehead atoms. The number of carbonyl (C=O) groups is 1. The number of amides is 1. The quantitative estimate of drug-likeness (QED) is 0.866. The van der Waals surface area contributed by atoms with Gasteiger partial charge in [0.05, 0.1) is 10.6 Å². The Hall–Kier alpha value is -1.34. The lowest BCUT2D eigenvalue weighted by Gasteiger charge is -2.00. The number of carbonyl (C=O) groups excluding carboxylic acids is 1. The molecule has 1 fully saturated rings. The monoisotopic (exact) mass is 270 g/mol. The molecule has 5 nitrogen and oxygen atoms in total. The van der Waals surface area contributed by atoms with Gasteiger partial charge in [0.25, 0.3) is 10.0 Å². The Bertz CT molecular complexity index is 576. The van der Waals surface area contributed by atoms with Crippen molar-refractivity contribution in [2.45, 2.75) is 11.8 Å². The minimum atomic E-state index is -3.73. The highest BCUT2D eigenvalue weighted by Gasteiger charge is 2.21. The van der Waals surface area contributed by atoms with Crippen LogP contribution in [0.4, 0.5) is 0 Å². The molecule has 2 rings (SSSR count). The summed E-state index contributed by atoms with van der Waals surface area (Å²) in [6.45, 7) is 1.87. The third-order valence-corrected chi connectivity index (χ3v) is 4.39. The molecular weight excluding hydrogens is 260 g/mol. The van der Waals surface area contributed by atoms with Gasteiger partial charge in [-0.2, -0.15) is 8.42 Å². The van der Waals surface area contributed by atoms with E-state index in [0.717, 1.165) is 17.3 Å². The van der Waals surface area contributed by atoms with Crippen molar-refractivity contribution in [1.82, 2.24) is 5.32 Å². The van der Waals surface area contributed by atoms with Crippen molar-refractivity contribution in [3.05, 3.63) is 29.8 Å². The predicted molar refractivity (Wildman–Crippen MR) is 66.4 cm³/mol. The number of amidine groups is 1. The average Bonchev–Trinajstić information content (AvgIpc) is 2.63. The van der Waals surface area contributed by atoms with E-state index in [1.807, 2.05) is 6.92 Å². The molecule has 0 radical (unpaired) electrons. The summed E-state index contributed by atoms with van der Waals surface area (Å²) < 4.78 is 27.3. The maximum atomic E-state index is 11.9. The highest BCUT2D eigenvalue weighted by molar-refractivity contribution is 8.15. The van der Waals surface area contributed by atoms with Crippen molar-refractivity contribution in [1.29, 1.82) is 0 Å². The molecule has 90 valence electrons. The molecule has 0 aliphatic carbocycles. The number of sulfonamides is 1. The van der Waals surface area contributed by atoms with Crippen molar-refractivity contribution < 1.29 is 13.2 Å². The Labute approximate surface area is 103 Å². The molecule has 1 saturated heterocycles. The molecule has 7 heteroatoms. The van der Waals surface area contributed by atoms with Crippen LogP contribution >= 0.6 is 11.8 Å². The fourth-order valence-corrected chi connectivity index (χ4v) is 3.13. The Morgan fingerprint density at radius 1 is 1.29 bits per heavy atom. The number of aryl methyl sites for hydroxylation is 1. The number of rotatable bonds is 2. The maximum Gasteiger partial charge on any atom is 0.284 e. The Morgan fingerprint density at radius 3 is 2.47 bits per heavy atom. The van der Waals surface area contributed by atoms with Gasteiger partial charge in [-0.25, -0.2) is 0 Å². The second kappa shape index (κ2) is 4.50. The number of nitrogens with one attached hydrogen (secondary N) is 1.